The zero-order valence-corrected chi connectivity index (χ0v) is 18.6. The summed E-state index contributed by atoms with van der Waals surface area (Å²) in [6, 6.07) is 12.1. The molecule has 0 aliphatic heterocycles. The van der Waals surface area contributed by atoms with Gasteiger partial charge < -0.3 is 5.32 Å². The van der Waals surface area contributed by atoms with Gasteiger partial charge in [0.2, 0.25) is 5.91 Å². The normalized spacial score (nSPS) is 15.5. The number of thiophene rings is 1. The average Bonchev–Trinajstić information content (AvgIpc) is 3.48. The maximum atomic E-state index is 12.6. The highest BCUT2D eigenvalue weighted by molar-refractivity contribution is 8.00. The lowest BCUT2D eigenvalue weighted by molar-refractivity contribution is -0.120. The Morgan fingerprint density at radius 1 is 1.28 bits per heavy atom. The molecule has 5 nitrogen and oxygen atoms in total. The van der Waals surface area contributed by atoms with Crippen LogP contribution in [0.5, 0.6) is 0 Å². The molecule has 152 valence electrons. The molecule has 1 N–H and O–H groups in total. The average molecular weight is 447 g/mol. The first kappa shape index (κ1) is 20.4. The van der Waals surface area contributed by atoms with Gasteiger partial charge in [-0.15, -0.1) is 21.5 Å². The summed E-state index contributed by atoms with van der Waals surface area (Å²) >= 11 is 9.54. The van der Waals surface area contributed by atoms with Gasteiger partial charge in [0.05, 0.1) is 16.8 Å². The van der Waals surface area contributed by atoms with Crippen LogP contribution < -0.4 is 5.32 Å². The second kappa shape index (κ2) is 9.32. The molecule has 1 saturated carbocycles. The molecule has 1 amide bonds. The van der Waals surface area contributed by atoms with Gasteiger partial charge in [-0.1, -0.05) is 54.4 Å². The number of nitrogens with one attached hydrogen (secondary N) is 1. The molecule has 0 unspecified atom stereocenters. The number of thioether (sulfide) groups is 1. The van der Waals surface area contributed by atoms with Gasteiger partial charge in [0.15, 0.2) is 11.0 Å². The van der Waals surface area contributed by atoms with E-state index in [9.17, 15) is 4.79 Å². The Kier molecular flexibility index (Phi) is 6.57. The Balaban J connectivity index is 1.55. The number of aromatic nitrogens is 3. The van der Waals surface area contributed by atoms with Crippen molar-refractivity contribution in [1.29, 1.82) is 0 Å². The minimum Gasteiger partial charge on any atom is -0.350 e. The molecule has 2 heterocycles. The lowest BCUT2D eigenvalue weighted by Crippen LogP contribution is -2.30. The minimum absolute atomic E-state index is 0.00339. The standard InChI is InChI=1S/C21H23ClN4OS2/c1-14(20(27)23-13-16-9-6-12-28-16)29-21-25-24-19(17-10-4-5-11-18(17)22)26(21)15-7-2-3-8-15/h4-6,9-12,14-15H,2-3,7-8,13H2,1H3,(H,23,27)/t14-/m1/s1. The Hall–Kier alpha value is -1.83. The van der Waals surface area contributed by atoms with Gasteiger partial charge in [0.25, 0.3) is 0 Å². The fourth-order valence-electron chi connectivity index (χ4n) is 3.62. The molecular weight excluding hydrogens is 424 g/mol. The third kappa shape index (κ3) is 4.68. The van der Waals surface area contributed by atoms with Crippen LogP contribution in [0, 0.1) is 0 Å². The Morgan fingerprint density at radius 3 is 2.79 bits per heavy atom. The lowest BCUT2D eigenvalue weighted by atomic mass is 10.2. The summed E-state index contributed by atoms with van der Waals surface area (Å²) in [5, 5.41) is 15.1. The maximum absolute atomic E-state index is 12.6. The smallest absolute Gasteiger partial charge is 0.233 e. The van der Waals surface area contributed by atoms with E-state index in [-0.39, 0.29) is 11.2 Å². The second-order valence-electron chi connectivity index (χ2n) is 7.15. The van der Waals surface area contributed by atoms with Gasteiger partial charge in [0.1, 0.15) is 0 Å². The topological polar surface area (TPSA) is 59.8 Å². The predicted octanol–water partition coefficient (Wildman–Crippen LogP) is 5.57. The van der Waals surface area contributed by atoms with Crippen molar-refractivity contribution in [3.8, 4) is 11.4 Å². The number of nitrogens with zero attached hydrogens (tertiary/aromatic N) is 3. The molecule has 0 saturated heterocycles. The van der Waals surface area contributed by atoms with Crippen LogP contribution in [0.2, 0.25) is 5.02 Å². The van der Waals surface area contributed by atoms with Crippen molar-refractivity contribution in [3.05, 3.63) is 51.7 Å². The van der Waals surface area contributed by atoms with Gasteiger partial charge >= 0.3 is 0 Å². The van der Waals surface area contributed by atoms with E-state index >= 15 is 0 Å². The maximum Gasteiger partial charge on any atom is 0.233 e. The fourth-order valence-corrected chi connectivity index (χ4v) is 5.43. The number of hydrogen-bond donors (Lipinski definition) is 1. The molecule has 1 aliphatic carbocycles. The molecule has 1 aliphatic rings. The van der Waals surface area contributed by atoms with Crippen molar-refractivity contribution < 1.29 is 4.79 Å². The highest BCUT2D eigenvalue weighted by Crippen LogP contribution is 2.38. The molecule has 8 heteroatoms. The predicted molar refractivity (Wildman–Crippen MR) is 119 cm³/mol. The second-order valence-corrected chi connectivity index (χ2v) is 9.90. The van der Waals surface area contributed by atoms with E-state index in [4.69, 9.17) is 11.6 Å². The van der Waals surface area contributed by atoms with Crippen LogP contribution >= 0.6 is 34.7 Å². The lowest BCUT2D eigenvalue weighted by Gasteiger charge is -2.18. The third-order valence-electron chi connectivity index (χ3n) is 5.14. The van der Waals surface area contributed by atoms with Crippen LogP contribution in [0.25, 0.3) is 11.4 Å². The number of carbonyl (C=O) groups excluding carboxylic acids is 1. The number of halogens is 1. The Labute approximate surface area is 183 Å². The number of benzene rings is 1. The van der Waals surface area contributed by atoms with Crippen LogP contribution in [-0.4, -0.2) is 25.9 Å². The van der Waals surface area contributed by atoms with Crippen molar-refractivity contribution in [2.75, 3.05) is 0 Å². The molecule has 3 aromatic rings. The zero-order valence-electron chi connectivity index (χ0n) is 16.2. The first-order chi connectivity index (χ1) is 14.1. The molecule has 0 spiro atoms. The molecule has 0 bridgehead atoms. The summed E-state index contributed by atoms with van der Waals surface area (Å²) in [5.41, 5.74) is 0.884. The third-order valence-corrected chi connectivity index (χ3v) is 7.40. The van der Waals surface area contributed by atoms with Gasteiger partial charge in [-0.05, 0) is 43.3 Å². The van der Waals surface area contributed by atoms with Crippen molar-refractivity contribution >= 4 is 40.6 Å². The van der Waals surface area contributed by atoms with Gasteiger partial charge in [0, 0.05) is 16.5 Å². The van der Waals surface area contributed by atoms with E-state index in [1.165, 1.54) is 24.6 Å². The minimum atomic E-state index is -0.265. The summed E-state index contributed by atoms with van der Waals surface area (Å²) in [7, 11) is 0. The molecule has 2 aromatic heterocycles. The summed E-state index contributed by atoms with van der Waals surface area (Å²) in [5.74, 6) is 0.792. The number of hydrogen-bond acceptors (Lipinski definition) is 5. The number of amides is 1. The monoisotopic (exact) mass is 446 g/mol. The van der Waals surface area contributed by atoms with Crippen LogP contribution in [-0.2, 0) is 11.3 Å². The molecule has 4 rings (SSSR count). The molecule has 1 fully saturated rings. The molecule has 1 atom stereocenters. The zero-order chi connectivity index (χ0) is 20.2. The number of rotatable bonds is 7. The van der Waals surface area contributed by atoms with Gasteiger partial charge in [-0.2, -0.15) is 0 Å². The van der Waals surface area contributed by atoms with E-state index in [2.05, 4.69) is 20.1 Å². The summed E-state index contributed by atoms with van der Waals surface area (Å²) in [6.07, 6.45) is 4.60. The summed E-state index contributed by atoms with van der Waals surface area (Å²) < 4.78 is 2.20. The van der Waals surface area contributed by atoms with E-state index in [0.29, 0.717) is 17.6 Å². The Bertz CT molecular complexity index is 967. The summed E-state index contributed by atoms with van der Waals surface area (Å²) in [4.78, 5) is 13.7. The van der Waals surface area contributed by atoms with Crippen LogP contribution in [0.1, 0.15) is 43.5 Å². The van der Waals surface area contributed by atoms with Crippen LogP contribution in [0.15, 0.2) is 46.9 Å². The fraction of sp³-hybridized carbons (Fsp3) is 0.381. The molecule has 29 heavy (non-hydrogen) atoms. The van der Waals surface area contributed by atoms with E-state index in [0.717, 1.165) is 34.3 Å². The SMILES string of the molecule is C[C@@H](Sc1nnc(-c2ccccc2Cl)n1C1CCCC1)C(=O)NCc1cccs1. The van der Waals surface area contributed by atoms with Crippen LogP contribution in [0.4, 0.5) is 0 Å². The van der Waals surface area contributed by atoms with Crippen molar-refractivity contribution in [2.24, 2.45) is 0 Å². The van der Waals surface area contributed by atoms with Gasteiger partial charge in [-0.25, -0.2) is 0 Å². The molecule has 1 aromatic carbocycles. The first-order valence-electron chi connectivity index (χ1n) is 9.80. The van der Waals surface area contributed by atoms with Crippen molar-refractivity contribution in [2.45, 2.75) is 55.6 Å². The molecule has 0 radical (unpaired) electrons. The van der Waals surface area contributed by atoms with Crippen molar-refractivity contribution in [1.82, 2.24) is 20.1 Å². The summed E-state index contributed by atoms with van der Waals surface area (Å²) in [6.45, 7) is 2.47. The van der Waals surface area contributed by atoms with E-state index < -0.39 is 0 Å². The van der Waals surface area contributed by atoms with E-state index in [1.807, 2.05) is 48.7 Å². The highest BCUT2D eigenvalue weighted by atomic mass is 35.5. The number of carbonyl (C=O) groups is 1. The quantitative estimate of drug-likeness (QED) is 0.482. The highest BCUT2D eigenvalue weighted by Gasteiger charge is 2.27. The first-order valence-corrected chi connectivity index (χ1v) is 11.9. The molecular formula is C21H23ClN4OS2. The Morgan fingerprint density at radius 2 is 2.07 bits per heavy atom. The van der Waals surface area contributed by atoms with Crippen LogP contribution in [0.3, 0.4) is 0 Å². The van der Waals surface area contributed by atoms with Gasteiger partial charge in [-0.3, -0.25) is 9.36 Å². The van der Waals surface area contributed by atoms with Crippen molar-refractivity contribution in [3.63, 3.8) is 0 Å². The largest absolute Gasteiger partial charge is 0.350 e. The van der Waals surface area contributed by atoms with E-state index in [1.54, 1.807) is 11.3 Å².